The number of nitrogens with zero attached hydrogens (tertiary/aromatic N) is 3. The predicted molar refractivity (Wildman–Crippen MR) is 127 cm³/mol. The summed E-state index contributed by atoms with van der Waals surface area (Å²) in [7, 11) is 2.10. The number of benzene rings is 2. The second-order valence-electron chi connectivity index (χ2n) is 9.06. The van der Waals surface area contributed by atoms with Gasteiger partial charge >= 0.3 is 0 Å². The van der Waals surface area contributed by atoms with Crippen LogP contribution in [0.1, 0.15) is 51.1 Å². The van der Waals surface area contributed by atoms with E-state index in [9.17, 15) is 9.59 Å². The highest BCUT2D eigenvalue weighted by Gasteiger charge is 2.38. The molecule has 0 radical (unpaired) electrons. The second kappa shape index (κ2) is 8.72. The first-order valence-electron chi connectivity index (χ1n) is 11.4. The molecule has 3 heterocycles. The summed E-state index contributed by atoms with van der Waals surface area (Å²) in [5.74, 6) is -0.108. The van der Waals surface area contributed by atoms with Crippen LogP contribution in [-0.2, 0) is 0 Å². The van der Waals surface area contributed by atoms with Gasteiger partial charge in [0.15, 0.2) is 0 Å². The Balaban J connectivity index is 1.35. The van der Waals surface area contributed by atoms with Crippen molar-refractivity contribution in [3.05, 3.63) is 70.3 Å². The highest BCUT2D eigenvalue weighted by molar-refractivity contribution is 6.05. The maximum atomic E-state index is 13.1. The topological polar surface area (TPSA) is 88.5 Å². The van der Waals surface area contributed by atoms with Crippen LogP contribution in [0.3, 0.4) is 0 Å². The molecule has 168 valence electrons. The lowest BCUT2D eigenvalue weighted by Gasteiger charge is -2.33. The first kappa shape index (κ1) is 21.2. The lowest BCUT2D eigenvalue weighted by molar-refractivity contribution is 0.0748. The Morgan fingerprint density at radius 3 is 2.64 bits per heavy atom. The number of amides is 2. The number of anilines is 1. The maximum Gasteiger partial charge on any atom is 0.257 e. The minimum absolute atomic E-state index is 0.0146. The summed E-state index contributed by atoms with van der Waals surface area (Å²) < 4.78 is 0. The van der Waals surface area contributed by atoms with Gasteiger partial charge in [0, 0.05) is 23.8 Å². The molecule has 0 aliphatic carbocycles. The standard InChI is InChI=1S/C26H27N5O2/c1-30-11-9-21(10-12-30)28-25(32)20-6-7-22-23(15-20)29-24-19(8-13-31(24)26(22)33)14-17-2-4-18(16-27)5-3-17/h2-7,14-15,21,24,29H,8-13H2,1H3,(H,28,32). The maximum absolute atomic E-state index is 13.1. The van der Waals surface area contributed by atoms with Crippen LogP contribution in [0.25, 0.3) is 6.08 Å². The average molecular weight is 442 g/mol. The third-order valence-electron chi connectivity index (χ3n) is 6.82. The molecule has 3 aliphatic heterocycles. The van der Waals surface area contributed by atoms with Crippen molar-refractivity contribution in [3.63, 3.8) is 0 Å². The fraction of sp³-hybridized carbons (Fsp3) is 0.346. The number of carbonyl (C=O) groups excluding carboxylic acids is 2. The van der Waals surface area contributed by atoms with Crippen molar-refractivity contribution in [2.45, 2.75) is 31.5 Å². The zero-order chi connectivity index (χ0) is 22.9. The number of nitriles is 1. The molecule has 0 bridgehead atoms. The molecule has 2 aromatic rings. The van der Waals surface area contributed by atoms with Crippen LogP contribution in [0.4, 0.5) is 5.69 Å². The lowest BCUT2D eigenvalue weighted by atomic mass is 10.0. The molecule has 1 atom stereocenters. The molecular weight excluding hydrogens is 414 g/mol. The fourth-order valence-electron chi connectivity index (χ4n) is 4.84. The zero-order valence-corrected chi connectivity index (χ0v) is 18.7. The molecule has 0 aromatic heterocycles. The summed E-state index contributed by atoms with van der Waals surface area (Å²) in [5, 5.41) is 15.6. The van der Waals surface area contributed by atoms with Crippen molar-refractivity contribution in [2.24, 2.45) is 0 Å². The van der Waals surface area contributed by atoms with Crippen molar-refractivity contribution < 1.29 is 9.59 Å². The molecule has 7 nitrogen and oxygen atoms in total. The van der Waals surface area contributed by atoms with E-state index in [-0.39, 0.29) is 24.0 Å². The van der Waals surface area contributed by atoms with Gasteiger partial charge in [-0.3, -0.25) is 9.59 Å². The normalized spacial score (nSPS) is 21.8. The summed E-state index contributed by atoms with van der Waals surface area (Å²) >= 11 is 0. The first-order valence-corrected chi connectivity index (χ1v) is 11.4. The quantitative estimate of drug-likeness (QED) is 0.764. The fourth-order valence-corrected chi connectivity index (χ4v) is 4.84. The summed E-state index contributed by atoms with van der Waals surface area (Å²) in [5.41, 5.74) is 4.59. The van der Waals surface area contributed by atoms with E-state index in [0.717, 1.165) is 43.5 Å². The number of hydrogen-bond acceptors (Lipinski definition) is 5. The van der Waals surface area contributed by atoms with Gasteiger partial charge in [0.1, 0.15) is 6.17 Å². The number of carbonyl (C=O) groups is 2. The van der Waals surface area contributed by atoms with Crippen molar-refractivity contribution in [2.75, 3.05) is 32.0 Å². The van der Waals surface area contributed by atoms with Gasteiger partial charge in [-0.1, -0.05) is 18.2 Å². The smallest absolute Gasteiger partial charge is 0.257 e. The number of rotatable bonds is 3. The highest BCUT2D eigenvalue weighted by atomic mass is 16.2. The van der Waals surface area contributed by atoms with E-state index >= 15 is 0 Å². The van der Waals surface area contributed by atoms with Gasteiger partial charge in [0.2, 0.25) is 0 Å². The Morgan fingerprint density at radius 1 is 1.15 bits per heavy atom. The SMILES string of the molecule is CN1CCC(NC(=O)c2ccc3c(c2)NC2C(=Cc4ccc(C#N)cc4)CCN2C3=O)CC1. The number of hydrogen-bond donors (Lipinski definition) is 2. The van der Waals surface area contributed by atoms with Crippen molar-refractivity contribution in [1.29, 1.82) is 5.26 Å². The van der Waals surface area contributed by atoms with E-state index in [1.807, 2.05) is 17.0 Å². The summed E-state index contributed by atoms with van der Waals surface area (Å²) in [6.07, 6.45) is 4.52. The zero-order valence-electron chi connectivity index (χ0n) is 18.7. The molecule has 1 unspecified atom stereocenters. The van der Waals surface area contributed by atoms with E-state index in [1.54, 1.807) is 30.3 Å². The molecule has 3 aliphatic rings. The molecule has 5 rings (SSSR count). The Bertz CT molecular complexity index is 1160. The van der Waals surface area contributed by atoms with E-state index in [0.29, 0.717) is 28.9 Å². The van der Waals surface area contributed by atoms with Gasteiger partial charge in [-0.05, 0) is 80.9 Å². The Morgan fingerprint density at radius 2 is 1.91 bits per heavy atom. The van der Waals surface area contributed by atoms with Crippen LogP contribution in [0.2, 0.25) is 0 Å². The number of piperidine rings is 1. The molecule has 0 saturated carbocycles. The van der Waals surface area contributed by atoms with E-state index < -0.39 is 0 Å². The molecular formula is C26H27N5O2. The van der Waals surface area contributed by atoms with E-state index in [4.69, 9.17) is 5.26 Å². The van der Waals surface area contributed by atoms with Crippen LogP contribution in [0, 0.1) is 11.3 Å². The van der Waals surface area contributed by atoms with Crippen LogP contribution in [0.5, 0.6) is 0 Å². The van der Waals surface area contributed by atoms with Crippen LogP contribution >= 0.6 is 0 Å². The lowest BCUT2D eigenvalue weighted by Crippen LogP contribution is -2.45. The highest BCUT2D eigenvalue weighted by Crippen LogP contribution is 2.35. The molecule has 0 spiro atoms. The molecule has 2 aromatic carbocycles. The third-order valence-corrected chi connectivity index (χ3v) is 6.82. The molecule has 2 amide bonds. The van der Waals surface area contributed by atoms with Crippen molar-refractivity contribution >= 4 is 23.6 Å². The molecule has 2 fully saturated rings. The van der Waals surface area contributed by atoms with E-state index in [1.165, 1.54) is 0 Å². The first-order chi connectivity index (χ1) is 16.0. The molecule has 2 N–H and O–H groups in total. The minimum Gasteiger partial charge on any atom is -0.361 e. The van der Waals surface area contributed by atoms with Gasteiger partial charge < -0.3 is 20.4 Å². The summed E-state index contributed by atoms with van der Waals surface area (Å²) in [6, 6.07) is 15.0. The minimum atomic E-state index is -0.229. The summed E-state index contributed by atoms with van der Waals surface area (Å²) in [6.45, 7) is 2.62. The Kier molecular flexibility index (Phi) is 5.61. The van der Waals surface area contributed by atoms with Crippen molar-refractivity contribution in [3.8, 4) is 6.07 Å². The Hall–Kier alpha value is -3.63. The van der Waals surface area contributed by atoms with Crippen LogP contribution in [-0.4, -0.2) is 60.5 Å². The van der Waals surface area contributed by atoms with Gasteiger partial charge in [-0.25, -0.2) is 0 Å². The van der Waals surface area contributed by atoms with Crippen LogP contribution < -0.4 is 10.6 Å². The number of fused-ring (bicyclic) bond motifs is 2. The van der Waals surface area contributed by atoms with Gasteiger partial charge in [-0.2, -0.15) is 5.26 Å². The predicted octanol–water partition coefficient (Wildman–Crippen LogP) is 3.06. The third kappa shape index (κ3) is 4.22. The second-order valence-corrected chi connectivity index (χ2v) is 9.06. The number of nitrogens with one attached hydrogen (secondary N) is 2. The molecule has 2 saturated heterocycles. The van der Waals surface area contributed by atoms with Crippen molar-refractivity contribution in [1.82, 2.24) is 15.1 Å². The van der Waals surface area contributed by atoms with Gasteiger partial charge in [0.05, 0.1) is 17.2 Å². The molecule has 7 heteroatoms. The Labute approximate surface area is 193 Å². The average Bonchev–Trinajstić information content (AvgIpc) is 3.23. The monoisotopic (exact) mass is 441 g/mol. The molecule has 33 heavy (non-hydrogen) atoms. The van der Waals surface area contributed by atoms with Gasteiger partial charge in [0.25, 0.3) is 11.8 Å². The summed E-state index contributed by atoms with van der Waals surface area (Å²) in [4.78, 5) is 30.1. The van der Waals surface area contributed by atoms with E-state index in [2.05, 4.69) is 34.7 Å². The number of likely N-dealkylation sites (tertiary alicyclic amines) is 1. The van der Waals surface area contributed by atoms with Gasteiger partial charge in [-0.15, -0.1) is 0 Å². The largest absolute Gasteiger partial charge is 0.361 e. The van der Waals surface area contributed by atoms with Crippen LogP contribution in [0.15, 0.2) is 48.0 Å².